The molecule has 0 aliphatic heterocycles. The van der Waals surface area contributed by atoms with Gasteiger partial charge in [-0.1, -0.05) is 27.5 Å². The molecule has 4 nitrogen and oxygen atoms in total. The minimum absolute atomic E-state index is 0.0125. The molecule has 0 aliphatic rings. The summed E-state index contributed by atoms with van der Waals surface area (Å²) in [5.41, 5.74) is 0.120. The van der Waals surface area contributed by atoms with Crippen molar-refractivity contribution in [3.63, 3.8) is 0 Å². The molecule has 8 heteroatoms. The van der Waals surface area contributed by atoms with E-state index in [1.54, 1.807) is 0 Å². The Bertz CT molecular complexity index is 767. The van der Waals surface area contributed by atoms with E-state index in [9.17, 15) is 17.9 Å². The van der Waals surface area contributed by atoms with Gasteiger partial charge >= 0.3 is 0 Å². The van der Waals surface area contributed by atoms with Gasteiger partial charge in [0.15, 0.2) is 0 Å². The number of sulfonamides is 1. The number of phenols is 1. The van der Waals surface area contributed by atoms with Gasteiger partial charge in [-0.15, -0.1) is 0 Å². The van der Waals surface area contributed by atoms with Crippen molar-refractivity contribution in [3.8, 4) is 5.75 Å². The van der Waals surface area contributed by atoms with E-state index in [0.717, 1.165) is 12.1 Å². The summed E-state index contributed by atoms with van der Waals surface area (Å²) in [4.78, 5) is -0.482. The quantitative estimate of drug-likeness (QED) is 0.797. The van der Waals surface area contributed by atoms with Gasteiger partial charge in [-0.3, -0.25) is 4.72 Å². The Kier molecular flexibility index (Phi) is 4.22. The number of nitrogens with one attached hydrogen (secondary N) is 1. The standard InChI is InChI=1S/C12H8BrClFNO3S/c13-7-1-4-12(10(15)5-7)20(18,19)16-8-2-3-11(17)9(14)6-8/h1-6,16-17H. The van der Waals surface area contributed by atoms with Crippen LogP contribution in [0.2, 0.25) is 5.02 Å². The van der Waals surface area contributed by atoms with Crippen LogP contribution in [-0.2, 0) is 10.0 Å². The zero-order valence-corrected chi connectivity index (χ0v) is 12.9. The molecular weight excluding hydrogens is 373 g/mol. The van der Waals surface area contributed by atoms with Gasteiger partial charge in [-0.25, -0.2) is 12.8 Å². The molecule has 0 aromatic heterocycles. The van der Waals surface area contributed by atoms with Crippen LogP contribution >= 0.6 is 27.5 Å². The molecule has 2 aromatic rings. The van der Waals surface area contributed by atoms with Gasteiger partial charge in [0.05, 0.1) is 10.7 Å². The molecule has 2 N–H and O–H groups in total. The molecule has 2 aromatic carbocycles. The van der Waals surface area contributed by atoms with Gasteiger partial charge < -0.3 is 5.11 Å². The van der Waals surface area contributed by atoms with Crippen LogP contribution in [0, 0.1) is 5.82 Å². The lowest BCUT2D eigenvalue weighted by Crippen LogP contribution is -2.14. The van der Waals surface area contributed by atoms with Crippen molar-refractivity contribution in [3.05, 3.63) is 51.7 Å². The molecule has 0 bridgehead atoms. The van der Waals surface area contributed by atoms with E-state index in [4.69, 9.17) is 11.6 Å². The second-order valence-electron chi connectivity index (χ2n) is 3.85. The lowest BCUT2D eigenvalue weighted by Gasteiger charge is -2.09. The molecule has 0 atom stereocenters. The zero-order valence-electron chi connectivity index (χ0n) is 9.77. The summed E-state index contributed by atoms with van der Waals surface area (Å²) in [7, 11) is -4.08. The summed E-state index contributed by atoms with van der Waals surface area (Å²) in [6.45, 7) is 0. The number of hydrogen-bond donors (Lipinski definition) is 2. The Balaban J connectivity index is 2.38. The first-order chi connectivity index (χ1) is 9.29. The van der Waals surface area contributed by atoms with Crippen LogP contribution in [0.1, 0.15) is 0 Å². The maximum Gasteiger partial charge on any atom is 0.264 e. The molecule has 0 unspecified atom stereocenters. The zero-order chi connectivity index (χ0) is 14.9. The van der Waals surface area contributed by atoms with Crippen molar-refractivity contribution in [1.82, 2.24) is 0 Å². The Hall–Kier alpha value is -1.31. The fourth-order valence-electron chi connectivity index (χ4n) is 1.47. The maximum atomic E-state index is 13.7. The molecule has 0 saturated heterocycles. The van der Waals surface area contributed by atoms with Crippen LogP contribution in [-0.4, -0.2) is 13.5 Å². The van der Waals surface area contributed by atoms with Crippen molar-refractivity contribution in [2.75, 3.05) is 4.72 Å². The largest absolute Gasteiger partial charge is 0.506 e. The average molecular weight is 381 g/mol. The molecule has 0 heterocycles. The highest BCUT2D eigenvalue weighted by atomic mass is 79.9. The number of phenolic OH excluding ortho intramolecular Hbond substituents is 1. The first-order valence-electron chi connectivity index (χ1n) is 5.26. The highest BCUT2D eigenvalue weighted by molar-refractivity contribution is 9.10. The Morgan fingerprint density at radius 3 is 2.50 bits per heavy atom. The Morgan fingerprint density at radius 1 is 1.20 bits per heavy atom. The van der Waals surface area contributed by atoms with Gasteiger partial charge in [0, 0.05) is 4.47 Å². The first-order valence-corrected chi connectivity index (χ1v) is 7.91. The number of anilines is 1. The molecule has 0 saturated carbocycles. The Morgan fingerprint density at radius 2 is 1.90 bits per heavy atom. The van der Waals surface area contributed by atoms with E-state index in [-0.39, 0.29) is 16.5 Å². The number of hydrogen-bond acceptors (Lipinski definition) is 3. The minimum Gasteiger partial charge on any atom is -0.506 e. The van der Waals surface area contributed by atoms with Crippen molar-refractivity contribution < 1.29 is 17.9 Å². The van der Waals surface area contributed by atoms with Gasteiger partial charge in [-0.05, 0) is 36.4 Å². The summed E-state index contributed by atoms with van der Waals surface area (Å²) in [5, 5.41) is 9.25. The molecule has 0 aliphatic carbocycles. The third kappa shape index (κ3) is 3.23. The summed E-state index contributed by atoms with van der Waals surface area (Å²) >= 11 is 8.72. The molecule has 0 spiro atoms. The summed E-state index contributed by atoms with van der Waals surface area (Å²) < 4.78 is 40.4. The fraction of sp³-hybridized carbons (Fsp3) is 0. The van der Waals surface area contributed by atoms with E-state index in [1.807, 2.05) is 0 Å². The van der Waals surface area contributed by atoms with Crippen LogP contribution in [0.3, 0.4) is 0 Å². The van der Waals surface area contributed by atoms with Crippen LogP contribution in [0.5, 0.6) is 5.75 Å². The molecule has 0 fully saturated rings. The predicted octanol–water partition coefficient (Wildman–Crippen LogP) is 3.75. The molecule has 20 heavy (non-hydrogen) atoms. The predicted molar refractivity (Wildman–Crippen MR) is 78.0 cm³/mol. The lowest BCUT2D eigenvalue weighted by atomic mass is 10.3. The van der Waals surface area contributed by atoms with Crippen molar-refractivity contribution >= 4 is 43.2 Å². The van der Waals surface area contributed by atoms with Gasteiger partial charge in [0.2, 0.25) is 0 Å². The van der Waals surface area contributed by atoms with E-state index >= 15 is 0 Å². The highest BCUT2D eigenvalue weighted by Gasteiger charge is 2.19. The summed E-state index contributed by atoms with van der Waals surface area (Å²) in [5.74, 6) is -1.05. The SMILES string of the molecule is O=S(=O)(Nc1ccc(O)c(Cl)c1)c1ccc(Br)cc1F. The number of aromatic hydroxyl groups is 1. The van der Waals surface area contributed by atoms with Crippen molar-refractivity contribution in [2.24, 2.45) is 0 Å². The van der Waals surface area contributed by atoms with E-state index < -0.39 is 20.7 Å². The Labute approximate surface area is 128 Å². The molecule has 0 amide bonds. The monoisotopic (exact) mass is 379 g/mol. The number of rotatable bonds is 3. The molecule has 0 radical (unpaired) electrons. The van der Waals surface area contributed by atoms with Crippen LogP contribution in [0.4, 0.5) is 10.1 Å². The second-order valence-corrected chi connectivity index (χ2v) is 6.82. The lowest BCUT2D eigenvalue weighted by molar-refractivity contribution is 0.475. The summed E-state index contributed by atoms with van der Waals surface area (Å²) in [6, 6.07) is 7.39. The average Bonchev–Trinajstić information content (AvgIpc) is 2.33. The van der Waals surface area contributed by atoms with Crippen molar-refractivity contribution in [1.29, 1.82) is 0 Å². The maximum absolute atomic E-state index is 13.7. The first kappa shape index (κ1) is 15.1. The highest BCUT2D eigenvalue weighted by Crippen LogP contribution is 2.28. The van der Waals surface area contributed by atoms with Crippen LogP contribution in [0.15, 0.2) is 45.8 Å². The van der Waals surface area contributed by atoms with E-state index in [0.29, 0.717) is 4.47 Å². The normalized spacial score (nSPS) is 11.3. The fourth-order valence-corrected chi connectivity index (χ4v) is 3.10. The second kappa shape index (κ2) is 5.59. The molecule has 2 rings (SSSR count). The molecular formula is C12H8BrClFNO3S. The van der Waals surface area contributed by atoms with Gasteiger partial charge in [0.1, 0.15) is 16.5 Å². The van der Waals surface area contributed by atoms with E-state index in [1.165, 1.54) is 24.3 Å². The van der Waals surface area contributed by atoms with Crippen LogP contribution < -0.4 is 4.72 Å². The van der Waals surface area contributed by atoms with Crippen LogP contribution in [0.25, 0.3) is 0 Å². The summed E-state index contributed by atoms with van der Waals surface area (Å²) in [6.07, 6.45) is 0. The van der Waals surface area contributed by atoms with Crippen molar-refractivity contribution in [2.45, 2.75) is 4.90 Å². The number of halogens is 3. The van der Waals surface area contributed by atoms with Gasteiger partial charge in [0.25, 0.3) is 10.0 Å². The van der Waals surface area contributed by atoms with Gasteiger partial charge in [-0.2, -0.15) is 0 Å². The smallest absolute Gasteiger partial charge is 0.264 e. The molecule has 106 valence electrons. The third-order valence-corrected chi connectivity index (χ3v) is 4.59. The topological polar surface area (TPSA) is 66.4 Å². The minimum atomic E-state index is -4.08. The van der Waals surface area contributed by atoms with E-state index in [2.05, 4.69) is 20.7 Å². The number of benzene rings is 2. The third-order valence-electron chi connectivity index (χ3n) is 2.38.